The van der Waals surface area contributed by atoms with Gasteiger partial charge in [-0.1, -0.05) is 206 Å². The number of benzene rings is 9. The van der Waals surface area contributed by atoms with E-state index in [1.54, 1.807) is 0 Å². The van der Waals surface area contributed by atoms with Gasteiger partial charge < -0.3 is 0 Å². The maximum atomic E-state index is 5.47. The molecule has 0 bridgehead atoms. The molecule has 1 spiro atoms. The van der Waals surface area contributed by atoms with E-state index in [1.807, 2.05) is 11.8 Å². The van der Waals surface area contributed by atoms with Crippen LogP contribution in [-0.2, 0) is 5.41 Å². The van der Waals surface area contributed by atoms with Crippen LogP contribution < -0.4 is 0 Å². The molecule has 0 unspecified atom stereocenters. The quantitative estimate of drug-likeness (QED) is 0.174. The van der Waals surface area contributed by atoms with Gasteiger partial charge in [0.05, 0.1) is 16.8 Å². The lowest BCUT2D eigenvalue weighted by atomic mass is 9.67. The van der Waals surface area contributed by atoms with Gasteiger partial charge in [-0.3, -0.25) is 0 Å². The summed E-state index contributed by atoms with van der Waals surface area (Å²) in [5.74, 6) is 0.696. The Balaban J connectivity index is 1.07. The Bertz CT molecular complexity index is 3250. The van der Waals surface area contributed by atoms with Gasteiger partial charge in [-0.2, -0.15) is 0 Å². The topological polar surface area (TPSA) is 25.8 Å². The Labute approximate surface area is 353 Å². The first-order chi connectivity index (χ1) is 29.8. The fraction of sp³-hybridized carbons (Fsp3) is 0.0175. The molecule has 280 valence electrons. The second-order valence-electron chi connectivity index (χ2n) is 15.6. The molecule has 1 aromatic heterocycles. The number of hydrogen-bond donors (Lipinski definition) is 0. The van der Waals surface area contributed by atoms with Crippen LogP contribution in [0, 0.1) is 0 Å². The van der Waals surface area contributed by atoms with Crippen molar-refractivity contribution in [2.45, 2.75) is 15.2 Å². The zero-order valence-corrected chi connectivity index (χ0v) is 33.4. The van der Waals surface area contributed by atoms with E-state index in [9.17, 15) is 0 Å². The molecule has 1 aliphatic heterocycles. The van der Waals surface area contributed by atoms with Crippen LogP contribution in [0.1, 0.15) is 22.3 Å². The second-order valence-corrected chi connectivity index (χ2v) is 16.7. The van der Waals surface area contributed by atoms with Crippen LogP contribution in [0.25, 0.3) is 78.1 Å². The second kappa shape index (κ2) is 13.9. The highest BCUT2D eigenvalue weighted by Crippen LogP contribution is 2.62. The van der Waals surface area contributed by atoms with E-state index < -0.39 is 5.41 Å². The smallest absolute Gasteiger partial charge is 0.161 e. The Morgan fingerprint density at radius 3 is 1.53 bits per heavy atom. The lowest BCUT2D eigenvalue weighted by Gasteiger charge is -2.40. The first-order valence-corrected chi connectivity index (χ1v) is 21.3. The van der Waals surface area contributed by atoms with Gasteiger partial charge in [-0.25, -0.2) is 9.97 Å². The summed E-state index contributed by atoms with van der Waals surface area (Å²) in [5, 5.41) is 2.35. The summed E-state index contributed by atoms with van der Waals surface area (Å²) < 4.78 is 0. The zero-order chi connectivity index (χ0) is 39.6. The first kappa shape index (κ1) is 34.7. The molecule has 2 nitrogen and oxygen atoms in total. The maximum absolute atomic E-state index is 5.47. The molecule has 9 aromatic carbocycles. The number of aromatic nitrogens is 2. The van der Waals surface area contributed by atoms with Crippen LogP contribution in [0.2, 0.25) is 0 Å². The van der Waals surface area contributed by atoms with E-state index in [1.165, 1.54) is 59.7 Å². The van der Waals surface area contributed by atoms with Gasteiger partial charge in [0.2, 0.25) is 0 Å². The molecule has 0 saturated heterocycles. The molecule has 12 rings (SSSR count). The monoisotopic (exact) mass is 780 g/mol. The number of nitrogens with zero attached hydrogens (tertiary/aromatic N) is 2. The van der Waals surface area contributed by atoms with Crippen molar-refractivity contribution >= 4 is 22.5 Å². The molecule has 3 heteroatoms. The third kappa shape index (κ3) is 5.29. The summed E-state index contributed by atoms with van der Waals surface area (Å²) in [6.45, 7) is 0. The molecule has 2 aliphatic rings. The number of fused-ring (bicyclic) bond motifs is 10. The van der Waals surface area contributed by atoms with Crippen molar-refractivity contribution in [1.82, 2.24) is 9.97 Å². The van der Waals surface area contributed by atoms with Crippen LogP contribution in [0.5, 0.6) is 0 Å². The van der Waals surface area contributed by atoms with Crippen molar-refractivity contribution in [2.24, 2.45) is 0 Å². The highest BCUT2D eigenvalue weighted by atomic mass is 32.2. The molecule has 0 radical (unpaired) electrons. The van der Waals surface area contributed by atoms with E-state index in [0.29, 0.717) is 5.82 Å². The molecule has 2 heterocycles. The number of rotatable bonds is 5. The maximum Gasteiger partial charge on any atom is 0.161 e. The summed E-state index contributed by atoms with van der Waals surface area (Å²) in [7, 11) is 0. The van der Waals surface area contributed by atoms with Gasteiger partial charge in [-0.15, -0.1) is 0 Å². The van der Waals surface area contributed by atoms with E-state index in [-0.39, 0.29) is 0 Å². The molecule has 0 amide bonds. The van der Waals surface area contributed by atoms with Crippen molar-refractivity contribution in [2.75, 3.05) is 0 Å². The van der Waals surface area contributed by atoms with Crippen molar-refractivity contribution < 1.29 is 0 Å². The van der Waals surface area contributed by atoms with Gasteiger partial charge in [0, 0.05) is 26.5 Å². The average molecular weight is 781 g/mol. The standard InChI is InChI=1S/C57H36N2S/c1-3-17-37(18-4-1)41-32-33-46(43-23-9-8-22-42(41)43)53-36-52(38-19-5-2-6-20-38)58-56(59-53)47-26-10-7-21-40(47)39-31-34-55-51(35-39)57(50-29-15-16-30-54(50)60-55)48-27-13-11-24-44(48)45-25-12-14-28-49(45)57/h1-36H. The van der Waals surface area contributed by atoms with Gasteiger partial charge in [-0.05, 0) is 90.7 Å². The van der Waals surface area contributed by atoms with Gasteiger partial charge in [0.1, 0.15) is 0 Å². The number of hydrogen-bond acceptors (Lipinski definition) is 3. The minimum atomic E-state index is -0.459. The fourth-order valence-electron chi connectivity index (χ4n) is 9.81. The van der Waals surface area contributed by atoms with Gasteiger partial charge in [0.15, 0.2) is 5.82 Å². The van der Waals surface area contributed by atoms with Crippen LogP contribution in [0.15, 0.2) is 228 Å². The third-order valence-electron chi connectivity index (χ3n) is 12.4. The fourth-order valence-corrected chi connectivity index (χ4v) is 11.0. The predicted molar refractivity (Wildman–Crippen MR) is 248 cm³/mol. The molecule has 0 fully saturated rings. The normalized spacial score (nSPS) is 13.1. The minimum Gasteiger partial charge on any atom is -0.228 e. The van der Waals surface area contributed by atoms with Crippen molar-refractivity contribution in [3.8, 4) is 67.3 Å². The van der Waals surface area contributed by atoms with Gasteiger partial charge >= 0.3 is 0 Å². The Kier molecular flexibility index (Phi) is 8.04. The molecule has 60 heavy (non-hydrogen) atoms. The highest BCUT2D eigenvalue weighted by molar-refractivity contribution is 7.99. The summed E-state index contributed by atoms with van der Waals surface area (Å²) in [4.78, 5) is 13.4. The molecule has 1 aliphatic carbocycles. The summed E-state index contributed by atoms with van der Waals surface area (Å²) in [6, 6.07) is 79.1. The van der Waals surface area contributed by atoms with E-state index in [4.69, 9.17) is 9.97 Å². The van der Waals surface area contributed by atoms with E-state index in [0.717, 1.165) is 44.6 Å². The van der Waals surface area contributed by atoms with Crippen LogP contribution in [0.4, 0.5) is 0 Å². The Hall–Kier alpha value is -7.33. The molecular weight excluding hydrogens is 745 g/mol. The highest BCUT2D eigenvalue weighted by Gasteiger charge is 2.50. The minimum absolute atomic E-state index is 0.459. The SMILES string of the molecule is c1ccc(-c2cc(-c3ccc(-c4ccccc4)c4ccccc34)nc(-c3ccccc3-c3ccc4c(c3)C3(c5ccccc5S4)c4ccccc4-c4ccccc43)n2)cc1. The molecule has 0 N–H and O–H groups in total. The van der Waals surface area contributed by atoms with Crippen molar-refractivity contribution in [3.05, 3.63) is 241 Å². The summed E-state index contributed by atoms with van der Waals surface area (Å²) >= 11 is 1.87. The van der Waals surface area contributed by atoms with E-state index >= 15 is 0 Å². The van der Waals surface area contributed by atoms with E-state index in [2.05, 4.69) is 218 Å². The van der Waals surface area contributed by atoms with Gasteiger partial charge in [0.25, 0.3) is 0 Å². The van der Waals surface area contributed by atoms with Crippen LogP contribution in [0.3, 0.4) is 0 Å². The third-order valence-corrected chi connectivity index (χ3v) is 13.6. The van der Waals surface area contributed by atoms with Crippen LogP contribution >= 0.6 is 11.8 Å². The van der Waals surface area contributed by atoms with Crippen molar-refractivity contribution in [3.63, 3.8) is 0 Å². The molecule has 0 saturated carbocycles. The molecule has 10 aromatic rings. The molecular formula is C57H36N2S. The largest absolute Gasteiger partial charge is 0.228 e. The van der Waals surface area contributed by atoms with Crippen LogP contribution in [-0.4, -0.2) is 9.97 Å². The average Bonchev–Trinajstić information content (AvgIpc) is 3.62. The predicted octanol–water partition coefficient (Wildman–Crippen LogP) is 14.8. The summed E-state index contributed by atoms with van der Waals surface area (Å²) in [6.07, 6.45) is 0. The lowest BCUT2D eigenvalue weighted by Crippen LogP contribution is -2.32. The first-order valence-electron chi connectivity index (χ1n) is 20.5. The Morgan fingerprint density at radius 1 is 0.300 bits per heavy atom. The summed E-state index contributed by atoms with van der Waals surface area (Å²) in [5.41, 5.74) is 17.0. The lowest BCUT2D eigenvalue weighted by molar-refractivity contribution is 0.723. The Morgan fingerprint density at radius 2 is 0.817 bits per heavy atom. The molecule has 0 atom stereocenters. The zero-order valence-electron chi connectivity index (χ0n) is 32.6. The van der Waals surface area contributed by atoms with Crippen molar-refractivity contribution in [1.29, 1.82) is 0 Å².